The summed E-state index contributed by atoms with van der Waals surface area (Å²) in [5, 5.41) is 3.41. The lowest BCUT2D eigenvalue weighted by Crippen LogP contribution is -2.03. The van der Waals surface area contributed by atoms with Crippen molar-refractivity contribution in [1.29, 1.82) is 0 Å². The largest absolute Gasteiger partial charge is 0.379 e. The van der Waals surface area contributed by atoms with Crippen LogP contribution in [0, 0.1) is 6.92 Å². The van der Waals surface area contributed by atoms with E-state index in [1.165, 1.54) is 5.56 Å². The molecule has 0 aliphatic rings. The first-order chi connectivity index (χ1) is 9.63. The zero-order valence-corrected chi connectivity index (χ0v) is 13.9. The Morgan fingerprint density at radius 3 is 2.85 bits per heavy atom. The van der Waals surface area contributed by atoms with E-state index in [0.29, 0.717) is 6.54 Å². The molecule has 1 N–H and O–H groups in total. The monoisotopic (exact) mass is 394 g/mol. The van der Waals surface area contributed by atoms with Crippen LogP contribution in [0.5, 0.6) is 0 Å². The summed E-state index contributed by atoms with van der Waals surface area (Å²) in [6.07, 6.45) is 5.53. The van der Waals surface area contributed by atoms with Crippen LogP contribution in [-0.2, 0) is 6.54 Å². The Balaban J connectivity index is 1.83. The smallest absolute Gasteiger partial charge is 0.155 e. The highest BCUT2D eigenvalue weighted by Gasteiger charge is 2.04. The second-order valence-corrected chi connectivity index (χ2v) is 6.17. The van der Waals surface area contributed by atoms with Gasteiger partial charge in [0.2, 0.25) is 0 Å². The van der Waals surface area contributed by atoms with Crippen LogP contribution in [0.3, 0.4) is 0 Å². The second kappa shape index (κ2) is 5.54. The predicted octanol–water partition coefficient (Wildman–Crippen LogP) is 4.17. The van der Waals surface area contributed by atoms with Crippen LogP contribution in [0.1, 0.15) is 11.3 Å². The maximum absolute atomic E-state index is 4.34. The molecular formula is C14H12Br2N4. The molecule has 6 heteroatoms. The van der Waals surface area contributed by atoms with Crippen molar-refractivity contribution in [2.45, 2.75) is 13.5 Å². The van der Waals surface area contributed by atoms with Gasteiger partial charge in [-0.3, -0.25) is 4.40 Å². The number of fused-ring (bicyclic) bond motifs is 1. The summed E-state index contributed by atoms with van der Waals surface area (Å²) in [4.78, 5) is 8.50. The highest BCUT2D eigenvalue weighted by molar-refractivity contribution is 9.10. The van der Waals surface area contributed by atoms with E-state index in [-0.39, 0.29) is 0 Å². The Morgan fingerprint density at radius 1 is 1.20 bits per heavy atom. The molecule has 4 nitrogen and oxygen atoms in total. The zero-order valence-electron chi connectivity index (χ0n) is 10.8. The van der Waals surface area contributed by atoms with E-state index in [9.17, 15) is 0 Å². The van der Waals surface area contributed by atoms with Gasteiger partial charge in [-0.15, -0.1) is 0 Å². The van der Waals surface area contributed by atoms with E-state index in [4.69, 9.17) is 0 Å². The number of hydrogen-bond donors (Lipinski definition) is 1. The molecule has 0 saturated heterocycles. The summed E-state index contributed by atoms with van der Waals surface area (Å²) in [5.41, 5.74) is 4.23. The van der Waals surface area contributed by atoms with Crippen LogP contribution in [0.2, 0.25) is 0 Å². The van der Waals surface area contributed by atoms with E-state index in [0.717, 1.165) is 26.1 Å². The van der Waals surface area contributed by atoms with Gasteiger partial charge in [-0.1, -0.05) is 15.9 Å². The lowest BCUT2D eigenvalue weighted by Gasteiger charge is -2.08. The Morgan fingerprint density at radius 2 is 2.05 bits per heavy atom. The zero-order chi connectivity index (χ0) is 14.1. The molecule has 0 fully saturated rings. The van der Waals surface area contributed by atoms with E-state index in [2.05, 4.69) is 66.2 Å². The third-order valence-electron chi connectivity index (χ3n) is 3.07. The molecule has 2 aromatic heterocycles. The van der Waals surface area contributed by atoms with Gasteiger partial charge in [-0.05, 0) is 46.6 Å². The second-order valence-electron chi connectivity index (χ2n) is 4.51. The molecule has 3 rings (SSSR count). The average molecular weight is 396 g/mol. The Labute approximate surface area is 133 Å². The first-order valence-electron chi connectivity index (χ1n) is 6.11. The maximum Gasteiger partial charge on any atom is 0.155 e. The highest BCUT2D eigenvalue weighted by atomic mass is 79.9. The van der Waals surface area contributed by atoms with Crippen LogP contribution in [0.15, 0.2) is 45.9 Å². The molecular weight excluding hydrogens is 384 g/mol. The van der Waals surface area contributed by atoms with Gasteiger partial charge in [-0.2, -0.15) is 0 Å². The van der Waals surface area contributed by atoms with Gasteiger partial charge in [0.15, 0.2) is 5.65 Å². The topological polar surface area (TPSA) is 42.2 Å². The summed E-state index contributed by atoms with van der Waals surface area (Å²) >= 11 is 6.89. The average Bonchev–Trinajstić information content (AvgIpc) is 2.82. The number of hydrogen-bond acceptors (Lipinski definition) is 3. The summed E-state index contributed by atoms with van der Waals surface area (Å²) < 4.78 is 3.94. The van der Waals surface area contributed by atoms with Crippen molar-refractivity contribution < 1.29 is 0 Å². The number of benzene rings is 1. The summed E-state index contributed by atoms with van der Waals surface area (Å²) in [7, 11) is 0. The fraction of sp³-hybridized carbons (Fsp3) is 0.143. The quantitative estimate of drug-likeness (QED) is 0.723. The molecule has 3 aromatic rings. The van der Waals surface area contributed by atoms with Crippen molar-refractivity contribution >= 4 is 43.2 Å². The van der Waals surface area contributed by atoms with Gasteiger partial charge in [0, 0.05) is 16.4 Å². The first-order valence-corrected chi connectivity index (χ1v) is 7.69. The highest BCUT2D eigenvalue weighted by Crippen LogP contribution is 2.20. The van der Waals surface area contributed by atoms with Crippen molar-refractivity contribution in [2.75, 3.05) is 5.32 Å². The van der Waals surface area contributed by atoms with Gasteiger partial charge in [0.25, 0.3) is 0 Å². The van der Waals surface area contributed by atoms with Crippen molar-refractivity contribution in [3.8, 4) is 0 Å². The number of anilines is 1. The molecule has 0 aliphatic carbocycles. The van der Waals surface area contributed by atoms with Crippen LogP contribution in [-0.4, -0.2) is 14.4 Å². The van der Waals surface area contributed by atoms with E-state index in [1.54, 1.807) is 6.20 Å². The maximum atomic E-state index is 4.34. The van der Waals surface area contributed by atoms with Gasteiger partial charge >= 0.3 is 0 Å². The molecule has 20 heavy (non-hydrogen) atoms. The summed E-state index contributed by atoms with van der Waals surface area (Å²) in [6.45, 7) is 2.78. The van der Waals surface area contributed by atoms with Crippen LogP contribution in [0.4, 0.5) is 5.69 Å². The molecule has 0 unspecified atom stereocenters. The van der Waals surface area contributed by atoms with Gasteiger partial charge in [0.1, 0.15) is 4.60 Å². The van der Waals surface area contributed by atoms with Gasteiger partial charge in [-0.25, -0.2) is 9.97 Å². The number of imidazole rings is 1. The molecule has 0 bridgehead atoms. The van der Waals surface area contributed by atoms with Crippen LogP contribution >= 0.6 is 31.9 Å². The minimum atomic E-state index is 0.707. The SMILES string of the molecule is Cc1cc(NCc2cnc3cnc(Br)cn23)ccc1Br. The standard InChI is InChI=1S/C14H12Br2N4/c1-9-4-10(2-3-12(9)15)17-5-11-6-19-14-7-18-13(16)8-20(11)14/h2-4,6-8,17H,5H2,1H3. The van der Waals surface area contributed by atoms with Crippen LogP contribution < -0.4 is 5.32 Å². The molecule has 102 valence electrons. The minimum Gasteiger partial charge on any atom is -0.379 e. The number of nitrogens with zero attached hydrogens (tertiary/aromatic N) is 3. The van der Waals surface area contributed by atoms with Crippen molar-refractivity contribution in [2.24, 2.45) is 0 Å². The number of nitrogens with one attached hydrogen (secondary N) is 1. The lowest BCUT2D eigenvalue weighted by atomic mass is 10.2. The molecule has 0 amide bonds. The number of aromatic nitrogens is 3. The molecule has 0 spiro atoms. The van der Waals surface area contributed by atoms with Crippen molar-refractivity contribution in [3.63, 3.8) is 0 Å². The van der Waals surface area contributed by atoms with E-state index < -0.39 is 0 Å². The van der Waals surface area contributed by atoms with Crippen molar-refractivity contribution in [3.05, 3.63) is 57.1 Å². The van der Waals surface area contributed by atoms with Gasteiger partial charge < -0.3 is 5.32 Å². The van der Waals surface area contributed by atoms with Crippen molar-refractivity contribution in [1.82, 2.24) is 14.4 Å². The third kappa shape index (κ3) is 2.71. The fourth-order valence-corrected chi connectivity index (χ4v) is 2.55. The predicted molar refractivity (Wildman–Crippen MR) is 86.9 cm³/mol. The number of aryl methyl sites for hydroxylation is 1. The summed E-state index contributed by atoms with van der Waals surface area (Å²) in [6, 6.07) is 6.22. The molecule has 0 atom stereocenters. The Hall–Kier alpha value is -1.40. The minimum absolute atomic E-state index is 0.707. The first kappa shape index (κ1) is 13.6. The van der Waals surface area contributed by atoms with E-state index in [1.807, 2.05) is 22.9 Å². The Bertz CT molecular complexity index is 767. The summed E-state index contributed by atoms with van der Waals surface area (Å²) in [5.74, 6) is 0. The third-order valence-corrected chi connectivity index (χ3v) is 4.37. The number of rotatable bonds is 3. The van der Waals surface area contributed by atoms with Crippen LogP contribution in [0.25, 0.3) is 5.65 Å². The Kier molecular flexibility index (Phi) is 3.76. The lowest BCUT2D eigenvalue weighted by molar-refractivity contribution is 0.983. The fourth-order valence-electron chi connectivity index (χ4n) is 1.99. The number of halogens is 2. The molecule has 0 radical (unpaired) electrons. The molecule has 0 saturated carbocycles. The molecule has 1 aromatic carbocycles. The molecule has 0 aliphatic heterocycles. The van der Waals surface area contributed by atoms with E-state index >= 15 is 0 Å². The molecule has 2 heterocycles. The van der Waals surface area contributed by atoms with Gasteiger partial charge in [0.05, 0.1) is 24.6 Å². The normalized spacial score (nSPS) is 10.9.